The van der Waals surface area contributed by atoms with Gasteiger partial charge in [0, 0.05) is 6.54 Å². The highest BCUT2D eigenvalue weighted by molar-refractivity contribution is 5.82. The zero-order valence-corrected chi connectivity index (χ0v) is 9.25. The van der Waals surface area contributed by atoms with Crippen LogP contribution in [0.3, 0.4) is 0 Å². The zero-order chi connectivity index (χ0) is 12.3. The lowest BCUT2D eigenvalue weighted by atomic mass is 9.95. The van der Waals surface area contributed by atoms with Gasteiger partial charge in [0.15, 0.2) is 0 Å². The molecule has 2 rings (SSSR count). The third kappa shape index (κ3) is 3.00. The second-order valence-corrected chi connectivity index (χ2v) is 4.04. The Morgan fingerprint density at radius 2 is 2.12 bits per heavy atom. The summed E-state index contributed by atoms with van der Waals surface area (Å²) in [6.07, 6.45) is -1.96. The number of rotatable bonds is 3. The molecule has 0 fully saturated rings. The highest BCUT2D eigenvalue weighted by Crippen LogP contribution is 2.16. The van der Waals surface area contributed by atoms with E-state index in [4.69, 9.17) is 0 Å². The Hall–Kier alpha value is -1.49. The first-order chi connectivity index (χ1) is 8.16. The van der Waals surface area contributed by atoms with Crippen LogP contribution in [0.1, 0.15) is 11.1 Å². The number of fused-ring (bicyclic) bond motifs is 1. The lowest BCUT2D eigenvalue weighted by Crippen LogP contribution is -2.48. The molecular formula is C12H14F2N2O. The Bertz CT molecular complexity index is 409. The Balaban J connectivity index is 1.95. The van der Waals surface area contributed by atoms with E-state index in [1.165, 1.54) is 0 Å². The highest BCUT2D eigenvalue weighted by atomic mass is 19.3. The van der Waals surface area contributed by atoms with Gasteiger partial charge < -0.3 is 10.6 Å². The van der Waals surface area contributed by atoms with E-state index in [0.717, 1.165) is 11.1 Å². The number of halogens is 2. The van der Waals surface area contributed by atoms with E-state index in [1.54, 1.807) is 0 Å². The van der Waals surface area contributed by atoms with Gasteiger partial charge in [-0.05, 0) is 17.5 Å². The van der Waals surface area contributed by atoms with Crippen LogP contribution in [0.15, 0.2) is 24.3 Å². The number of hydrogen-bond acceptors (Lipinski definition) is 2. The minimum Gasteiger partial charge on any atom is -0.349 e. The summed E-state index contributed by atoms with van der Waals surface area (Å²) in [5.41, 5.74) is 2.26. The molecule has 3 nitrogen and oxygen atoms in total. The fraction of sp³-hybridized carbons (Fsp3) is 0.417. The van der Waals surface area contributed by atoms with Crippen LogP contribution in [-0.2, 0) is 17.8 Å². The highest BCUT2D eigenvalue weighted by Gasteiger charge is 2.23. The Morgan fingerprint density at radius 1 is 1.41 bits per heavy atom. The molecule has 1 unspecified atom stereocenters. The van der Waals surface area contributed by atoms with E-state index in [-0.39, 0.29) is 5.91 Å². The number of nitrogens with one attached hydrogen (secondary N) is 2. The number of benzene rings is 1. The molecule has 0 aromatic heterocycles. The van der Waals surface area contributed by atoms with Crippen molar-refractivity contribution in [3.63, 3.8) is 0 Å². The average molecular weight is 240 g/mol. The summed E-state index contributed by atoms with van der Waals surface area (Å²) in [5, 5.41) is 5.27. The molecule has 1 aromatic rings. The van der Waals surface area contributed by atoms with Gasteiger partial charge in [-0.2, -0.15) is 0 Å². The van der Waals surface area contributed by atoms with Crippen LogP contribution in [-0.4, -0.2) is 24.9 Å². The monoisotopic (exact) mass is 240 g/mol. The molecule has 1 amide bonds. The molecule has 1 aromatic carbocycles. The van der Waals surface area contributed by atoms with Crippen molar-refractivity contribution in [3.8, 4) is 0 Å². The maximum Gasteiger partial charge on any atom is 0.255 e. The first-order valence-electron chi connectivity index (χ1n) is 5.53. The first kappa shape index (κ1) is 12.0. The van der Waals surface area contributed by atoms with E-state index in [0.29, 0.717) is 13.0 Å². The summed E-state index contributed by atoms with van der Waals surface area (Å²) < 4.78 is 23.9. The van der Waals surface area contributed by atoms with Crippen LogP contribution < -0.4 is 10.6 Å². The van der Waals surface area contributed by atoms with Crippen molar-refractivity contribution < 1.29 is 13.6 Å². The number of carbonyl (C=O) groups excluding carboxylic acids is 1. The van der Waals surface area contributed by atoms with Gasteiger partial charge in [-0.15, -0.1) is 0 Å². The fourth-order valence-electron chi connectivity index (χ4n) is 1.94. The molecule has 0 saturated heterocycles. The van der Waals surface area contributed by atoms with E-state index < -0.39 is 19.0 Å². The van der Waals surface area contributed by atoms with Gasteiger partial charge in [0.05, 0.1) is 12.6 Å². The quantitative estimate of drug-likeness (QED) is 0.830. The summed E-state index contributed by atoms with van der Waals surface area (Å²) in [5.74, 6) is -0.361. The normalized spacial score (nSPS) is 18.9. The minimum absolute atomic E-state index is 0.361. The van der Waals surface area contributed by atoms with Crippen LogP contribution in [0.4, 0.5) is 8.78 Å². The molecular weight excluding hydrogens is 226 g/mol. The summed E-state index contributed by atoms with van der Waals surface area (Å²) >= 11 is 0. The second kappa shape index (κ2) is 5.23. The van der Waals surface area contributed by atoms with E-state index in [2.05, 4.69) is 10.6 Å². The predicted octanol–water partition coefficient (Wildman–Crippen LogP) is 1.08. The minimum atomic E-state index is -2.50. The van der Waals surface area contributed by atoms with Gasteiger partial charge in [0.1, 0.15) is 0 Å². The Labute approximate surface area is 98.2 Å². The van der Waals surface area contributed by atoms with Crippen molar-refractivity contribution in [2.45, 2.75) is 25.4 Å². The number of carbonyl (C=O) groups is 1. The number of amides is 1. The lowest BCUT2D eigenvalue weighted by Gasteiger charge is -2.25. The van der Waals surface area contributed by atoms with E-state index in [9.17, 15) is 13.6 Å². The summed E-state index contributed by atoms with van der Waals surface area (Å²) in [6.45, 7) is 0.0155. The lowest BCUT2D eigenvalue weighted by molar-refractivity contribution is -0.124. The molecule has 1 aliphatic rings. The molecule has 0 saturated carbocycles. The molecule has 0 radical (unpaired) electrons. The summed E-state index contributed by atoms with van der Waals surface area (Å²) in [4.78, 5) is 11.6. The molecule has 0 spiro atoms. The molecule has 92 valence electrons. The number of hydrogen-bond donors (Lipinski definition) is 2. The van der Waals surface area contributed by atoms with Gasteiger partial charge >= 0.3 is 0 Å². The molecule has 0 bridgehead atoms. The van der Waals surface area contributed by atoms with Crippen molar-refractivity contribution >= 4 is 5.91 Å². The summed E-state index contributed by atoms with van der Waals surface area (Å²) in [7, 11) is 0. The summed E-state index contributed by atoms with van der Waals surface area (Å²) in [6, 6.07) is 7.40. The van der Waals surface area contributed by atoms with E-state index in [1.807, 2.05) is 24.3 Å². The second-order valence-electron chi connectivity index (χ2n) is 4.04. The van der Waals surface area contributed by atoms with Gasteiger partial charge in [-0.1, -0.05) is 24.3 Å². The van der Waals surface area contributed by atoms with Crippen molar-refractivity contribution in [1.82, 2.24) is 10.6 Å². The molecule has 2 N–H and O–H groups in total. The maximum atomic E-state index is 12.0. The van der Waals surface area contributed by atoms with Crippen LogP contribution in [0.25, 0.3) is 0 Å². The third-order valence-electron chi connectivity index (χ3n) is 2.83. The van der Waals surface area contributed by atoms with Crippen LogP contribution in [0, 0.1) is 0 Å². The van der Waals surface area contributed by atoms with Crippen molar-refractivity contribution in [3.05, 3.63) is 35.4 Å². The fourth-order valence-corrected chi connectivity index (χ4v) is 1.94. The van der Waals surface area contributed by atoms with Crippen LogP contribution in [0.2, 0.25) is 0 Å². The average Bonchev–Trinajstić information content (AvgIpc) is 2.35. The van der Waals surface area contributed by atoms with Gasteiger partial charge in [0.2, 0.25) is 5.91 Å². The van der Waals surface area contributed by atoms with Crippen LogP contribution >= 0.6 is 0 Å². The molecule has 5 heteroatoms. The standard InChI is InChI=1S/C12H14F2N2O/c13-11(14)7-16-12(17)10-5-8-3-1-2-4-9(8)6-15-10/h1-4,10-11,15H,5-7H2,(H,16,17). The molecule has 1 heterocycles. The number of alkyl halides is 2. The topological polar surface area (TPSA) is 41.1 Å². The van der Waals surface area contributed by atoms with Gasteiger partial charge in [0.25, 0.3) is 6.43 Å². The first-order valence-corrected chi connectivity index (χ1v) is 5.53. The largest absolute Gasteiger partial charge is 0.349 e. The SMILES string of the molecule is O=C(NCC(F)F)C1Cc2ccccc2CN1. The third-order valence-corrected chi connectivity index (χ3v) is 2.83. The van der Waals surface area contributed by atoms with Crippen molar-refractivity contribution in [2.24, 2.45) is 0 Å². The predicted molar refractivity (Wildman–Crippen MR) is 59.8 cm³/mol. The Kier molecular flexibility index (Phi) is 3.68. The van der Waals surface area contributed by atoms with E-state index >= 15 is 0 Å². The smallest absolute Gasteiger partial charge is 0.255 e. The van der Waals surface area contributed by atoms with Crippen molar-refractivity contribution in [1.29, 1.82) is 0 Å². The molecule has 17 heavy (non-hydrogen) atoms. The molecule has 1 aliphatic heterocycles. The van der Waals surface area contributed by atoms with Gasteiger partial charge in [-0.3, -0.25) is 4.79 Å². The van der Waals surface area contributed by atoms with Crippen molar-refractivity contribution in [2.75, 3.05) is 6.54 Å². The van der Waals surface area contributed by atoms with Crippen LogP contribution in [0.5, 0.6) is 0 Å². The Morgan fingerprint density at radius 3 is 2.82 bits per heavy atom. The molecule has 1 atom stereocenters. The van der Waals surface area contributed by atoms with Gasteiger partial charge in [-0.25, -0.2) is 8.78 Å². The maximum absolute atomic E-state index is 12.0. The molecule has 0 aliphatic carbocycles. The zero-order valence-electron chi connectivity index (χ0n) is 9.25.